The molecule has 0 saturated carbocycles. The second-order valence-electron chi connectivity index (χ2n) is 6.80. The minimum absolute atomic E-state index is 0.102. The highest BCUT2D eigenvalue weighted by molar-refractivity contribution is 6.33. The van der Waals surface area contributed by atoms with Gasteiger partial charge in [-0.05, 0) is 45.0 Å². The Kier molecular flexibility index (Phi) is 8.41. The highest BCUT2D eigenvalue weighted by atomic mass is 35.5. The van der Waals surface area contributed by atoms with Crippen LogP contribution in [0.2, 0.25) is 5.02 Å². The molecule has 0 aromatic heterocycles. The molecule has 1 aromatic rings. The molecule has 29 heavy (non-hydrogen) atoms. The van der Waals surface area contributed by atoms with E-state index in [0.29, 0.717) is 31.2 Å². The fourth-order valence-electron chi connectivity index (χ4n) is 3.17. The van der Waals surface area contributed by atoms with E-state index in [-0.39, 0.29) is 18.0 Å². The Labute approximate surface area is 178 Å². The summed E-state index contributed by atoms with van der Waals surface area (Å²) in [6.45, 7) is 13.3. The Morgan fingerprint density at radius 3 is 2.41 bits per heavy atom. The predicted molar refractivity (Wildman–Crippen MR) is 118 cm³/mol. The summed E-state index contributed by atoms with van der Waals surface area (Å²) in [6.07, 6.45) is 1.30. The van der Waals surface area contributed by atoms with Crippen LogP contribution in [0, 0.1) is 11.8 Å². The van der Waals surface area contributed by atoms with E-state index in [1.54, 1.807) is 9.80 Å². The van der Waals surface area contributed by atoms with E-state index in [0.717, 1.165) is 24.3 Å². The molecule has 156 valence electrons. The van der Waals surface area contributed by atoms with E-state index in [1.807, 2.05) is 25.1 Å². The molecule has 0 bridgehead atoms. The number of anilines is 1. The van der Waals surface area contributed by atoms with Gasteiger partial charge in [-0.25, -0.2) is 4.79 Å². The minimum Gasteiger partial charge on any atom is -0.371 e. The average molecular weight is 417 g/mol. The van der Waals surface area contributed by atoms with Gasteiger partial charge in [0.15, 0.2) is 0 Å². The van der Waals surface area contributed by atoms with E-state index in [2.05, 4.69) is 42.5 Å². The Hall–Kier alpha value is -2.65. The zero-order valence-electron chi connectivity index (χ0n) is 17.4. The van der Waals surface area contributed by atoms with Crippen molar-refractivity contribution in [3.8, 4) is 11.8 Å². The number of rotatable bonds is 5. The molecule has 6 nitrogen and oxygen atoms in total. The molecule has 1 saturated heterocycles. The van der Waals surface area contributed by atoms with Gasteiger partial charge in [0.05, 0.1) is 16.8 Å². The molecule has 1 aliphatic rings. The molecule has 1 aliphatic heterocycles. The molecule has 1 aromatic carbocycles. The molecule has 1 atom stereocenters. The van der Waals surface area contributed by atoms with Crippen molar-refractivity contribution in [3.63, 3.8) is 0 Å². The molecule has 1 fully saturated rings. The first-order valence-electron chi connectivity index (χ1n) is 9.92. The zero-order valence-corrected chi connectivity index (χ0v) is 18.1. The number of nitrogens with zero attached hydrogens (tertiary/aromatic N) is 3. The normalized spacial score (nSPS) is 14.5. The molecule has 7 heteroatoms. The number of hydrogen-bond donors (Lipinski definition) is 1. The summed E-state index contributed by atoms with van der Waals surface area (Å²) in [6, 6.07) is 5.29. The number of carbonyl (C=O) groups is 2. The van der Waals surface area contributed by atoms with Crippen LogP contribution in [-0.4, -0.2) is 67.0 Å². The van der Waals surface area contributed by atoms with Gasteiger partial charge < -0.3 is 20.0 Å². The van der Waals surface area contributed by atoms with Gasteiger partial charge in [-0.15, -0.1) is 0 Å². The topological polar surface area (TPSA) is 55.9 Å². The number of halogens is 1. The molecule has 3 amide bonds. The van der Waals surface area contributed by atoms with Crippen molar-refractivity contribution in [1.29, 1.82) is 0 Å². The first kappa shape index (κ1) is 22.6. The van der Waals surface area contributed by atoms with Crippen LogP contribution in [0.15, 0.2) is 30.9 Å². The van der Waals surface area contributed by atoms with Crippen LogP contribution in [0.1, 0.15) is 26.3 Å². The van der Waals surface area contributed by atoms with Crippen molar-refractivity contribution in [3.05, 3.63) is 41.4 Å². The maximum absolute atomic E-state index is 12.4. The fraction of sp³-hybridized carbons (Fsp3) is 0.455. The maximum atomic E-state index is 12.4. The number of amides is 3. The van der Waals surface area contributed by atoms with Gasteiger partial charge in [0, 0.05) is 44.8 Å². The third-order valence-electron chi connectivity index (χ3n) is 4.88. The highest BCUT2D eigenvalue weighted by Crippen LogP contribution is 2.26. The van der Waals surface area contributed by atoms with Crippen LogP contribution in [0.4, 0.5) is 10.5 Å². The second-order valence-corrected chi connectivity index (χ2v) is 7.20. The number of carbonyl (C=O) groups excluding carboxylic acids is 2. The smallest absolute Gasteiger partial charge is 0.318 e. The van der Waals surface area contributed by atoms with Crippen LogP contribution in [0.5, 0.6) is 0 Å². The van der Waals surface area contributed by atoms with Crippen molar-refractivity contribution >= 4 is 29.2 Å². The van der Waals surface area contributed by atoms with Crippen LogP contribution >= 0.6 is 11.6 Å². The second kappa shape index (κ2) is 10.8. The molecule has 2 rings (SSSR count). The SMILES string of the molecule is C=CC(=O)N1CCN(C(=O)NC(C)C#Cc2ccc(N(CC)CC)c(Cl)c2)CC1. The lowest BCUT2D eigenvalue weighted by Gasteiger charge is -2.34. The molecular weight excluding hydrogens is 388 g/mol. The van der Waals surface area contributed by atoms with E-state index < -0.39 is 0 Å². The monoisotopic (exact) mass is 416 g/mol. The largest absolute Gasteiger partial charge is 0.371 e. The van der Waals surface area contributed by atoms with E-state index in [1.165, 1.54) is 6.08 Å². The Balaban J connectivity index is 1.91. The van der Waals surface area contributed by atoms with Gasteiger partial charge in [0.2, 0.25) is 5.91 Å². The first-order chi connectivity index (χ1) is 13.9. The van der Waals surface area contributed by atoms with Crippen LogP contribution in [0.25, 0.3) is 0 Å². The summed E-state index contributed by atoms with van der Waals surface area (Å²) in [5.74, 6) is 6.02. The number of piperazine rings is 1. The lowest BCUT2D eigenvalue weighted by atomic mass is 10.2. The van der Waals surface area contributed by atoms with Gasteiger partial charge in [-0.2, -0.15) is 0 Å². The van der Waals surface area contributed by atoms with Crippen LogP contribution < -0.4 is 10.2 Å². The Morgan fingerprint density at radius 1 is 1.24 bits per heavy atom. The zero-order chi connectivity index (χ0) is 21.4. The number of nitrogens with one attached hydrogen (secondary N) is 1. The number of hydrogen-bond acceptors (Lipinski definition) is 3. The maximum Gasteiger partial charge on any atom is 0.318 e. The van der Waals surface area contributed by atoms with Gasteiger partial charge in [0.1, 0.15) is 0 Å². The summed E-state index contributed by atoms with van der Waals surface area (Å²) >= 11 is 6.41. The summed E-state index contributed by atoms with van der Waals surface area (Å²) in [5, 5.41) is 3.56. The van der Waals surface area contributed by atoms with Gasteiger partial charge >= 0.3 is 6.03 Å². The summed E-state index contributed by atoms with van der Waals surface area (Å²) < 4.78 is 0. The molecule has 0 radical (unpaired) electrons. The molecule has 0 spiro atoms. The van der Waals surface area contributed by atoms with Crippen molar-refractivity contribution in [2.45, 2.75) is 26.8 Å². The quantitative estimate of drug-likeness (QED) is 0.593. The van der Waals surface area contributed by atoms with Gasteiger partial charge in [-0.1, -0.05) is 30.0 Å². The molecule has 1 heterocycles. The van der Waals surface area contributed by atoms with E-state index >= 15 is 0 Å². The summed E-state index contributed by atoms with van der Waals surface area (Å²) in [7, 11) is 0. The molecule has 1 N–H and O–H groups in total. The first-order valence-corrected chi connectivity index (χ1v) is 10.3. The van der Waals surface area contributed by atoms with Crippen molar-refractivity contribution < 1.29 is 9.59 Å². The molecule has 0 aliphatic carbocycles. The third kappa shape index (κ3) is 6.16. The Morgan fingerprint density at radius 2 is 1.86 bits per heavy atom. The number of urea groups is 1. The molecule has 1 unspecified atom stereocenters. The average Bonchev–Trinajstić information content (AvgIpc) is 2.73. The Bertz CT molecular complexity index is 803. The van der Waals surface area contributed by atoms with Gasteiger partial charge in [0.25, 0.3) is 0 Å². The van der Waals surface area contributed by atoms with E-state index in [4.69, 9.17) is 11.6 Å². The minimum atomic E-state index is -0.309. The van der Waals surface area contributed by atoms with E-state index in [9.17, 15) is 9.59 Å². The fourth-order valence-corrected chi connectivity index (χ4v) is 3.47. The lowest BCUT2D eigenvalue weighted by molar-refractivity contribution is -0.127. The van der Waals surface area contributed by atoms with Crippen molar-refractivity contribution in [2.75, 3.05) is 44.2 Å². The van der Waals surface area contributed by atoms with Crippen LogP contribution in [-0.2, 0) is 4.79 Å². The predicted octanol–water partition coefficient (Wildman–Crippen LogP) is 2.97. The summed E-state index contributed by atoms with van der Waals surface area (Å²) in [4.78, 5) is 29.6. The van der Waals surface area contributed by atoms with Crippen LogP contribution in [0.3, 0.4) is 0 Å². The van der Waals surface area contributed by atoms with Crippen molar-refractivity contribution in [1.82, 2.24) is 15.1 Å². The highest BCUT2D eigenvalue weighted by Gasteiger charge is 2.23. The molecular formula is C22H29ClN4O2. The van der Waals surface area contributed by atoms with Crippen molar-refractivity contribution in [2.24, 2.45) is 0 Å². The third-order valence-corrected chi connectivity index (χ3v) is 5.18. The number of benzene rings is 1. The van der Waals surface area contributed by atoms with Gasteiger partial charge in [-0.3, -0.25) is 4.79 Å². The summed E-state index contributed by atoms with van der Waals surface area (Å²) in [5.41, 5.74) is 1.81. The lowest BCUT2D eigenvalue weighted by Crippen LogP contribution is -2.53. The standard InChI is InChI=1S/C22H29ClN4O2/c1-5-21(28)26-12-14-27(15-13-26)22(29)24-17(4)8-9-18-10-11-20(19(23)16-18)25(6-2)7-3/h5,10-11,16-17H,1,6-7,12-15H2,2-4H3,(H,24,29).